The Morgan fingerprint density at radius 2 is 2.27 bits per heavy atom. The molecule has 1 aromatic heterocycles. The Hall–Kier alpha value is -1.63. The normalized spacial score (nSPS) is 37.5. The zero-order valence-electron chi connectivity index (χ0n) is 17.7. The second-order valence-electron chi connectivity index (χ2n) is 6.19. The van der Waals surface area contributed by atoms with Crippen molar-refractivity contribution in [3.63, 3.8) is 0 Å². The van der Waals surface area contributed by atoms with Gasteiger partial charge in [0, 0.05) is 11.8 Å². The average molecular weight is 484 g/mol. The number of H-pyrrole nitrogens is 1. The van der Waals surface area contributed by atoms with Crippen LogP contribution in [-0.4, -0.2) is 44.4 Å². The van der Waals surface area contributed by atoms with Crippen LogP contribution in [0.2, 0.25) is 5.02 Å². The molecule has 1 saturated heterocycles. The van der Waals surface area contributed by atoms with E-state index >= 15 is 4.39 Å². The summed E-state index contributed by atoms with van der Waals surface area (Å²) in [6.07, 6.45) is -7.75. The molecule has 14 heteroatoms. The van der Waals surface area contributed by atoms with E-state index in [1.54, 1.807) is 12.1 Å². The summed E-state index contributed by atoms with van der Waals surface area (Å²) in [5.41, 5.74) is -0.724. The van der Waals surface area contributed by atoms with E-state index in [0.29, 0.717) is 5.56 Å². The molecule has 0 bridgehead atoms. The highest BCUT2D eigenvalue weighted by Crippen LogP contribution is 2.55. The number of phosphoric ester groups is 1. The van der Waals surface area contributed by atoms with Crippen molar-refractivity contribution in [2.24, 2.45) is 0 Å². The van der Waals surface area contributed by atoms with Gasteiger partial charge in [-0.2, -0.15) is 0 Å². The van der Waals surface area contributed by atoms with Crippen LogP contribution in [-0.2, 0) is 25.0 Å². The van der Waals surface area contributed by atoms with Gasteiger partial charge in [0.1, 0.15) is 29.2 Å². The number of aliphatic hydroxyl groups is 2. The first kappa shape index (κ1) is 18.0. The minimum atomic E-state index is -4.80. The minimum Gasteiger partial charge on any atom is -0.404 e. The molecular weight excluding hydrogens is 466 g/mol. The zero-order chi connectivity index (χ0) is 24.4. The number of nitrogens with one attached hydrogen (secondary N) is 1. The molecule has 0 aliphatic carbocycles. The molecule has 3 N–H and O–H groups in total. The second kappa shape index (κ2) is 7.81. The Kier molecular flexibility index (Phi) is 4.68. The number of para-hydroxylation sites is 1. The van der Waals surface area contributed by atoms with Gasteiger partial charge < -0.3 is 19.5 Å². The lowest BCUT2D eigenvalue weighted by atomic mass is 10.1. The number of fused-ring (bicyclic) bond motifs is 1. The summed E-state index contributed by atoms with van der Waals surface area (Å²) >= 11 is 10.6. The van der Waals surface area contributed by atoms with Gasteiger partial charge in [-0.25, -0.2) is 13.8 Å². The molecule has 2 aromatic rings. The summed E-state index contributed by atoms with van der Waals surface area (Å²) in [4.78, 5) is 14.3. The molecule has 1 unspecified atom stereocenters. The van der Waals surface area contributed by atoms with E-state index in [1.165, 1.54) is 12.1 Å². The average Bonchev–Trinajstić information content (AvgIpc) is 2.91. The largest absolute Gasteiger partial charge is 0.530 e. The van der Waals surface area contributed by atoms with E-state index in [1.807, 2.05) is 0 Å². The van der Waals surface area contributed by atoms with Gasteiger partial charge in [0.25, 0.3) is 5.85 Å². The lowest BCUT2D eigenvalue weighted by Gasteiger charge is -2.28. The number of phosphoric acid groups is 1. The van der Waals surface area contributed by atoms with Gasteiger partial charge in [-0.1, -0.05) is 42.0 Å². The maximum absolute atomic E-state index is 15.8. The van der Waals surface area contributed by atoms with E-state index in [4.69, 9.17) is 41.7 Å². The van der Waals surface area contributed by atoms with Crippen LogP contribution >= 0.6 is 31.6 Å². The van der Waals surface area contributed by atoms with E-state index in [9.17, 15) is 19.6 Å². The van der Waals surface area contributed by atoms with Crippen molar-refractivity contribution in [2.45, 2.75) is 30.9 Å². The van der Waals surface area contributed by atoms with Crippen LogP contribution in [0.3, 0.4) is 0 Å². The van der Waals surface area contributed by atoms with Gasteiger partial charge in [-0.05, 0) is 6.07 Å². The van der Waals surface area contributed by atoms with Crippen molar-refractivity contribution in [2.75, 3.05) is 6.56 Å². The van der Waals surface area contributed by atoms with E-state index in [0.717, 1.165) is 6.20 Å². The molecule has 4 rings (SSSR count). The highest BCUT2D eigenvalue weighted by atomic mass is 35.5. The van der Waals surface area contributed by atoms with Crippen LogP contribution in [0.5, 0.6) is 5.75 Å². The molecule has 0 radical (unpaired) electrons. The Balaban J connectivity index is 1.68. The van der Waals surface area contributed by atoms with E-state index < -0.39 is 44.3 Å². The molecule has 2 aliphatic heterocycles. The molecule has 162 valence electrons. The van der Waals surface area contributed by atoms with Crippen LogP contribution in [0.4, 0.5) is 4.39 Å². The van der Waals surface area contributed by atoms with Gasteiger partial charge >= 0.3 is 13.5 Å². The van der Waals surface area contributed by atoms with Crippen molar-refractivity contribution in [1.29, 1.82) is 0 Å². The molecular formula is C16H15ClFN2O8PS. The number of hydrogen-bond acceptors (Lipinski definition) is 9. The molecule has 3 heterocycles. The third-order valence-electron chi connectivity index (χ3n) is 4.18. The van der Waals surface area contributed by atoms with Gasteiger partial charge in [0.2, 0.25) is 0 Å². The van der Waals surface area contributed by atoms with Crippen molar-refractivity contribution >= 4 is 31.6 Å². The summed E-state index contributed by atoms with van der Waals surface area (Å²) in [7, 11) is -4.80. The van der Waals surface area contributed by atoms with Crippen molar-refractivity contribution < 1.29 is 41.6 Å². The Bertz CT molecular complexity index is 1280. The van der Waals surface area contributed by atoms with Crippen LogP contribution in [0.1, 0.15) is 15.9 Å². The predicted molar refractivity (Wildman–Crippen MR) is 102 cm³/mol. The monoisotopic (exact) mass is 483 g/mol. The van der Waals surface area contributed by atoms with Crippen molar-refractivity contribution in [3.8, 4) is 5.75 Å². The summed E-state index contributed by atoms with van der Waals surface area (Å²) in [6.45, 7) is -4.15. The number of nitrogens with zero attached hydrogens (tertiary/aromatic N) is 1. The number of ether oxygens (including phenoxy) is 1. The first-order valence-corrected chi connectivity index (χ1v) is 10.5. The molecule has 0 saturated carbocycles. The summed E-state index contributed by atoms with van der Waals surface area (Å²) in [5.74, 6) is -4.01. The SMILES string of the molecule is [2H]C([2H])(OP1(=O)OCc2ccccc2O1)[C@@]1(F)O[C@@]([2H])(n2cc(Cl)c(=S)[nH]c2=O)[C@H](O)[C@@H]1O. The number of alkyl halides is 1. The maximum Gasteiger partial charge on any atom is 0.530 e. The second-order valence-corrected chi connectivity index (χ2v) is 8.53. The predicted octanol–water partition coefficient (Wildman–Crippen LogP) is 2.21. The van der Waals surface area contributed by atoms with Gasteiger partial charge in [-0.3, -0.25) is 18.6 Å². The smallest absolute Gasteiger partial charge is 0.404 e. The standard InChI is InChI=1S/C16H15ClFN2O8PS/c17-9-5-20(15(23)19-13(9)30)14-11(21)12(22)16(18,27-14)7-26-29(24)25-6-8-3-1-2-4-10(8)28-29/h1-5,11-12,14,21-22H,6-7H2,(H,19,23,30)/t11-,12+,14-,16-,29?/m1/s1/i7D2,14D. The molecule has 0 amide bonds. The minimum absolute atomic E-state index is 0.0271. The molecule has 1 fully saturated rings. The van der Waals surface area contributed by atoms with Crippen LogP contribution in [0, 0.1) is 4.64 Å². The van der Waals surface area contributed by atoms with Crippen LogP contribution in [0.25, 0.3) is 0 Å². The Morgan fingerprint density at radius 3 is 3.03 bits per heavy atom. The number of aliphatic hydroxyl groups excluding tert-OH is 2. The lowest BCUT2D eigenvalue weighted by Crippen LogP contribution is -2.43. The number of aromatic amines is 1. The highest BCUT2D eigenvalue weighted by Gasteiger charge is 2.57. The number of halogens is 2. The molecule has 1 aromatic carbocycles. The highest BCUT2D eigenvalue weighted by molar-refractivity contribution is 7.71. The quantitative estimate of drug-likeness (QED) is 0.442. The number of hydrogen-bond donors (Lipinski definition) is 3. The number of aromatic nitrogens is 2. The maximum atomic E-state index is 15.8. The molecule has 30 heavy (non-hydrogen) atoms. The summed E-state index contributed by atoms with van der Waals surface area (Å²) in [5, 5.41) is 20.4. The molecule has 5 atom stereocenters. The third kappa shape index (κ3) is 3.85. The van der Waals surface area contributed by atoms with Gasteiger partial charge in [0.05, 0.1) is 15.7 Å². The lowest BCUT2D eigenvalue weighted by molar-refractivity contribution is -0.205. The fraction of sp³-hybridized carbons (Fsp3) is 0.375. The molecule has 0 spiro atoms. The van der Waals surface area contributed by atoms with E-state index in [2.05, 4.69) is 9.51 Å². The van der Waals surface area contributed by atoms with Crippen molar-refractivity contribution in [3.05, 3.63) is 56.2 Å². The Labute approximate surface area is 182 Å². The van der Waals surface area contributed by atoms with Crippen LogP contribution in [0.15, 0.2) is 35.3 Å². The zero-order valence-corrected chi connectivity index (χ0v) is 17.1. The number of rotatable bonds is 4. The first-order valence-electron chi connectivity index (χ1n) is 9.72. The van der Waals surface area contributed by atoms with Gasteiger partial charge in [0.15, 0.2) is 6.20 Å². The van der Waals surface area contributed by atoms with Crippen molar-refractivity contribution in [1.82, 2.24) is 9.55 Å². The first-order chi connectivity index (χ1) is 15.2. The third-order valence-corrected chi connectivity index (χ3v) is 6.08. The fourth-order valence-corrected chi connectivity index (χ4v) is 4.05. The molecule has 2 aliphatic rings. The van der Waals surface area contributed by atoms with E-state index in [-0.39, 0.29) is 26.6 Å². The Morgan fingerprint density at radius 1 is 1.53 bits per heavy atom. The fourth-order valence-electron chi connectivity index (χ4n) is 2.67. The van der Waals surface area contributed by atoms with Gasteiger partial charge in [-0.15, -0.1) is 0 Å². The molecule has 10 nitrogen and oxygen atoms in total. The number of benzene rings is 1. The van der Waals surface area contributed by atoms with Crippen LogP contribution < -0.4 is 10.2 Å². The summed E-state index contributed by atoms with van der Waals surface area (Å²) in [6, 6.07) is 6.14. The topological polar surface area (TPSA) is 132 Å². The summed E-state index contributed by atoms with van der Waals surface area (Å²) < 4.78 is 72.4.